The summed E-state index contributed by atoms with van der Waals surface area (Å²) in [6.45, 7) is 0.955. The highest BCUT2D eigenvalue weighted by molar-refractivity contribution is 5.22. The molecule has 0 bridgehead atoms. The first-order valence-corrected chi connectivity index (χ1v) is 3.70. The topological polar surface area (TPSA) is 18.5 Å². The minimum atomic E-state index is -0.287. The zero-order valence-electron chi connectivity index (χ0n) is 6.92. The van der Waals surface area contributed by atoms with Crippen LogP contribution in [-0.2, 0) is 4.74 Å². The van der Waals surface area contributed by atoms with Crippen LogP contribution >= 0.6 is 0 Å². The van der Waals surface area contributed by atoms with E-state index in [4.69, 9.17) is 9.47 Å². The highest BCUT2D eigenvalue weighted by Crippen LogP contribution is 2.11. The largest absolute Gasteiger partial charge is 0.491 e. The van der Waals surface area contributed by atoms with Gasteiger partial charge in [0.05, 0.1) is 6.61 Å². The quantitative estimate of drug-likeness (QED) is 0.642. The summed E-state index contributed by atoms with van der Waals surface area (Å²) in [5, 5.41) is 0. The van der Waals surface area contributed by atoms with Gasteiger partial charge in [-0.2, -0.15) is 0 Å². The second-order valence-electron chi connectivity index (χ2n) is 2.30. The number of benzene rings is 1. The van der Waals surface area contributed by atoms with Gasteiger partial charge < -0.3 is 9.47 Å². The molecule has 0 amide bonds. The lowest BCUT2D eigenvalue weighted by Crippen LogP contribution is -2.04. The Hall–Kier alpha value is -1.09. The lowest BCUT2D eigenvalue weighted by molar-refractivity contribution is 0.146. The summed E-state index contributed by atoms with van der Waals surface area (Å²) < 4.78 is 22.5. The van der Waals surface area contributed by atoms with Crippen molar-refractivity contribution in [3.8, 4) is 5.75 Å². The molecule has 0 saturated carbocycles. The van der Waals surface area contributed by atoms with E-state index in [1.165, 1.54) is 12.1 Å². The van der Waals surface area contributed by atoms with E-state index >= 15 is 0 Å². The zero-order chi connectivity index (χ0) is 8.81. The Morgan fingerprint density at radius 2 is 2.17 bits per heavy atom. The lowest BCUT2D eigenvalue weighted by Gasteiger charge is -2.04. The molecule has 0 aliphatic heterocycles. The first kappa shape index (κ1) is 9.00. The molecule has 0 aliphatic carbocycles. The van der Waals surface area contributed by atoms with Gasteiger partial charge >= 0.3 is 0 Å². The van der Waals surface area contributed by atoms with Gasteiger partial charge in [-0.15, -0.1) is 0 Å². The Balaban J connectivity index is 2.41. The summed E-state index contributed by atoms with van der Waals surface area (Å²) in [7, 11) is 1.59. The van der Waals surface area contributed by atoms with Crippen LogP contribution < -0.4 is 4.74 Å². The van der Waals surface area contributed by atoms with Crippen molar-refractivity contribution < 1.29 is 13.9 Å². The average Bonchev–Trinajstić information content (AvgIpc) is 2.05. The molecule has 0 aromatic heterocycles. The van der Waals surface area contributed by atoms with E-state index in [9.17, 15) is 4.39 Å². The third-order valence-electron chi connectivity index (χ3n) is 1.35. The monoisotopic (exact) mass is 170 g/mol. The standard InChI is InChI=1S/C9H11FO2/c1-11-5-6-12-9-4-2-3-8(10)7-9/h2-4,7H,5-6H2,1H3. The van der Waals surface area contributed by atoms with Crippen molar-refractivity contribution in [1.29, 1.82) is 0 Å². The van der Waals surface area contributed by atoms with Crippen molar-refractivity contribution in [2.24, 2.45) is 0 Å². The van der Waals surface area contributed by atoms with E-state index < -0.39 is 0 Å². The highest BCUT2D eigenvalue weighted by Gasteiger charge is 1.94. The van der Waals surface area contributed by atoms with Crippen LogP contribution in [-0.4, -0.2) is 20.3 Å². The molecule has 0 fully saturated rings. The molecule has 0 heterocycles. The maximum atomic E-state index is 12.6. The van der Waals surface area contributed by atoms with Gasteiger partial charge in [0.15, 0.2) is 0 Å². The minimum absolute atomic E-state index is 0.287. The molecule has 3 heteroatoms. The van der Waals surface area contributed by atoms with E-state index in [0.29, 0.717) is 19.0 Å². The number of halogens is 1. The Morgan fingerprint density at radius 3 is 2.83 bits per heavy atom. The first-order chi connectivity index (χ1) is 5.83. The maximum Gasteiger partial charge on any atom is 0.126 e. The van der Waals surface area contributed by atoms with Crippen LogP contribution in [0.5, 0.6) is 5.75 Å². The molecule has 0 atom stereocenters. The van der Waals surface area contributed by atoms with Crippen molar-refractivity contribution in [3.05, 3.63) is 30.1 Å². The van der Waals surface area contributed by atoms with Gasteiger partial charge in [0, 0.05) is 13.2 Å². The fraction of sp³-hybridized carbons (Fsp3) is 0.333. The van der Waals surface area contributed by atoms with Crippen molar-refractivity contribution in [1.82, 2.24) is 0 Å². The van der Waals surface area contributed by atoms with E-state index in [1.807, 2.05) is 0 Å². The molecular weight excluding hydrogens is 159 g/mol. The van der Waals surface area contributed by atoms with Crippen LogP contribution in [0.25, 0.3) is 0 Å². The molecule has 0 saturated heterocycles. The first-order valence-electron chi connectivity index (χ1n) is 3.70. The van der Waals surface area contributed by atoms with Crippen molar-refractivity contribution in [3.63, 3.8) is 0 Å². The van der Waals surface area contributed by atoms with Gasteiger partial charge in [0.1, 0.15) is 18.2 Å². The summed E-state index contributed by atoms with van der Waals surface area (Å²) >= 11 is 0. The van der Waals surface area contributed by atoms with Crippen LogP contribution in [0, 0.1) is 5.82 Å². The van der Waals surface area contributed by atoms with Crippen molar-refractivity contribution in [2.75, 3.05) is 20.3 Å². The van der Waals surface area contributed by atoms with Gasteiger partial charge in [0.2, 0.25) is 0 Å². The molecule has 1 aromatic carbocycles. The number of hydrogen-bond donors (Lipinski definition) is 0. The van der Waals surface area contributed by atoms with E-state index in [2.05, 4.69) is 0 Å². The average molecular weight is 170 g/mol. The molecule has 2 nitrogen and oxygen atoms in total. The van der Waals surface area contributed by atoms with Gasteiger partial charge in [-0.05, 0) is 12.1 Å². The summed E-state index contributed by atoms with van der Waals surface area (Å²) in [5.41, 5.74) is 0. The highest BCUT2D eigenvalue weighted by atomic mass is 19.1. The molecule has 0 aliphatic rings. The molecular formula is C9H11FO2. The van der Waals surface area contributed by atoms with Gasteiger partial charge in [-0.25, -0.2) is 4.39 Å². The predicted molar refractivity (Wildman–Crippen MR) is 43.8 cm³/mol. The molecule has 1 aromatic rings. The van der Waals surface area contributed by atoms with Crippen LogP contribution in [0.15, 0.2) is 24.3 Å². The number of methoxy groups -OCH3 is 1. The number of rotatable bonds is 4. The Morgan fingerprint density at radius 1 is 1.33 bits per heavy atom. The van der Waals surface area contributed by atoms with E-state index in [-0.39, 0.29) is 5.82 Å². The van der Waals surface area contributed by atoms with Crippen LogP contribution in [0.3, 0.4) is 0 Å². The molecule has 0 spiro atoms. The van der Waals surface area contributed by atoms with Crippen LogP contribution in [0.1, 0.15) is 0 Å². The third kappa shape index (κ3) is 2.88. The van der Waals surface area contributed by atoms with E-state index in [1.54, 1.807) is 19.2 Å². The van der Waals surface area contributed by atoms with Crippen LogP contribution in [0.2, 0.25) is 0 Å². The molecule has 12 heavy (non-hydrogen) atoms. The van der Waals surface area contributed by atoms with Crippen LogP contribution in [0.4, 0.5) is 4.39 Å². The molecule has 1 rings (SSSR count). The van der Waals surface area contributed by atoms with Gasteiger partial charge in [-0.3, -0.25) is 0 Å². The zero-order valence-corrected chi connectivity index (χ0v) is 6.92. The molecule has 0 radical (unpaired) electrons. The van der Waals surface area contributed by atoms with Gasteiger partial charge in [-0.1, -0.05) is 6.07 Å². The normalized spacial score (nSPS) is 9.83. The lowest BCUT2D eigenvalue weighted by atomic mass is 10.3. The second kappa shape index (κ2) is 4.72. The third-order valence-corrected chi connectivity index (χ3v) is 1.35. The SMILES string of the molecule is COCCOc1cccc(F)c1. The Bertz CT molecular complexity index is 238. The predicted octanol–water partition coefficient (Wildman–Crippen LogP) is 1.85. The maximum absolute atomic E-state index is 12.6. The second-order valence-corrected chi connectivity index (χ2v) is 2.30. The molecule has 0 unspecified atom stereocenters. The Labute approximate surface area is 70.9 Å². The van der Waals surface area contributed by atoms with Crippen molar-refractivity contribution >= 4 is 0 Å². The van der Waals surface area contributed by atoms with E-state index in [0.717, 1.165) is 0 Å². The molecule has 0 N–H and O–H groups in total. The minimum Gasteiger partial charge on any atom is -0.491 e. The fourth-order valence-electron chi connectivity index (χ4n) is 0.800. The summed E-state index contributed by atoms with van der Waals surface area (Å²) in [6, 6.07) is 6.04. The number of hydrogen-bond acceptors (Lipinski definition) is 2. The smallest absolute Gasteiger partial charge is 0.126 e. The Kier molecular flexibility index (Phi) is 3.54. The fourth-order valence-corrected chi connectivity index (χ4v) is 0.800. The van der Waals surface area contributed by atoms with Gasteiger partial charge in [0.25, 0.3) is 0 Å². The number of ether oxygens (including phenoxy) is 2. The summed E-state index contributed by atoms with van der Waals surface area (Å²) in [6.07, 6.45) is 0. The summed E-state index contributed by atoms with van der Waals surface area (Å²) in [4.78, 5) is 0. The summed E-state index contributed by atoms with van der Waals surface area (Å²) in [5.74, 6) is 0.247. The molecule has 66 valence electrons. The van der Waals surface area contributed by atoms with Crippen molar-refractivity contribution in [2.45, 2.75) is 0 Å².